The topological polar surface area (TPSA) is 64.6 Å². The summed E-state index contributed by atoms with van der Waals surface area (Å²) < 4.78 is 10.5. The molecule has 0 saturated carbocycles. The van der Waals surface area contributed by atoms with Gasteiger partial charge in [0.05, 0.1) is 14.2 Å². The maximum absolute atomic E-state index is 13.5. The third-order valence-corrected chi connectivity index (χ3v) is 5.02. The largest absolute Gasteiger partial charge is 0.497 e. The quantitative estimate of drug-likeness (QED) is 0.683. The third kappa shape index (κ3) is 2.63. The second-order valence-corrected chi connectivity index (χ2v) is 6.54. The lowest BCUT2D eigenvalue weighted by Crippen LogP contribution is -2.46. The van der Waals surface area contributed by atoms with Gasteiger partial charge in [0, 0.05) is 22.9 Å². The second kappa shape index (κ2) is 6.85. The lowest BCUT2D eigenvalue weighted by atomic mass is 9.84. The van der Waals surface area contributed by atoms with E-state index in [9.17, 15) is 9.59 Å². The van der Waals surface area contributed by atoms with Gasteiger partial charge in [-0.1, -0.05) is 42.5 Å². The predicted molar refractivity (Wildman–Crippen MR) is 106 cm³/mol. The molecule has 1 aliphatic carbocycles. The van der Waals surface area contributed by atoms with Crippen molar-refractivity contribution < 1.29 is 19.1 Å². The maximum atomic E-state index is 13.5. The SMILES string of the molecule is COc1ccc(C2(Nc3cccc(OC)c3)C(=O)c3ccccc3C2=O)cc1. The van der Waals surface area contributed by atoms with Crippen LogP contribution in [0.1, 0.15) is 26.3 Å². The summed E-state index contributed by atoms with van der Waals surface area (Å²) in [5, 5.41) is 3.21. The lowest BCUT2D eigenvalue weighted by Gasteiger charge is -2.29. The Hall–Kier alpha value is -3.60. The molecule has 3 aromatic carbocycles. The molecule has 0 saturated heterocycles. The van der Waals surface area contributed by atoms with Gasteiger partial charge in [0.15, 0.2) is 5.54 Å². The standard InChI is InChI=1S/C23H19NO4/c1-27-17-12-10-15(11-13-17)23(24-16-6-5-7-18(14-16)28-2)21(25)19-8-3-4-9-20(19)22(23)26/h3-14,24H,1-2H3. The molecule has 0 fully saturated rings. The van der Waals surface area contributed by atoms with Crippen molar-refractivity contribution in [1.29, 1.82) is 0 Å². The summed E-state index contributed by atoms with van der Waals surface area (Å²) in [6.07, 6.45) is 0. The number of ether oxygens (including phenoxy) is 2. The molecule has 5 nitrogen and oxygen atoms in total. The molecule has 0 bridgehead atoms. The van der Waals surface area contributed by atoms with Crippen LogP contribution in [0.2, 0.25) is 0 Å². The summed E-state index contributed by atoms with van der Waals surface area (Å²) in [6.45, 7) is 0. The molecule has 0 aromatic heterocycles. The molecule has 3 aromatic rings. The van der Waals surface area contributed by atoms with E-state index in [0.29, 0.717) is 33.9 Å². The van der Waals surface area contributed by atoms with E-state index in [0.717, 1.165) is 0 Å². The van der Waals surface area contributed by atoms with Crippen LogP contribution >= 0.6 is 0 Å². The molecule has 0 aliphatic heterocycles. The zero-order valence-electron chi connectivity index (χ0n) is 15.6. The smallest absolute Gasteiger partial charge is 0.201 e. The van der Waals surface area contributed by atoms with E-state index in [1.54, 1.807) is 87.0 Å². The molecule has 28 heavy (non-hydrogen) atoms. The highest BCUT2D eigenvalue weighted by molar-refractivity contribution is 6.34. The van der Waals surface area contributed by atoms with Gasteiger partial charge in [-0.3, -0.25) is 9.59 Å². The molecule has 4 rings (SSSR count). The molecule has 5 heteroatoms. The first-order valence-electron chi connectivity index (χ1n) is 8.85. The van der Waals surface area contributed by atoms with Crippen LogP contribution in [0, 0.1) is 0 Å². The molecule has 0 spiro atoms. The number of carbonyl (C=O) groups is 2. The van der Waals surface area contributed by atoms with Gasteiger partial charge in [-0.05, 0) is 29.8 Å². The van der Waals surface area contributed by atoms with Gasteiger partial charge >= 0.3 is 0 Å². The Kier molecular flexibility index (Phi) is 4.35. The summed E-state index contributed by atoms with van der Waals surface area (Å²) in [5.41, 5.74) is 0.465. The number of hydrogen-bond acceptors (Lipinski definition) is 5. The van der Waals surface area contributed by atoms with Crippen LogP contribution in [0.15, 0.2) is 72.8 Å². The molecule has 140 valence electrons. The van der Waals surface area contributed by atoms with E-state index >= 15 is 0 Å². The number of fused-ring (bicyclic) bond motifs is 1. The van der Waals surface area contributed by atoms with Crippen molar-refractivity contribution in [3.63, 3.8) is 0 Å². The number of benzene rings is 3. The van der Waals surface area contributed by atoms with Gasteiger partial charge in [0.2, 0.25) is 11.6 Å². The number of carbonyl (C=O) groups excluding carboxylic acids is 2. The fourth-order valence-corrected chi connectivity index (χ4v) is 3.59. The van der Waals surface area contributed by atoms with Crippen LogP contribution in [0.25, 0.3) is 0 Å². The van der Waals surface area contributed by atoms with Gasteiger partial charge in [-0.2, -0.15) is 0 Å². The van der Waals surface area contributed by atoms with Crippen molar-refractivity contribution in [1.82, 2.24) is 0 Å². The zero-order chi connectivity index (χ0) is 19.7. The average Bonchev–Trinajstić information content (AvgIpc) is 2.97. The Morgan fingerprint density at radius 1 is 0.714 bits per heavy atom. The van der Waals surface area contributed by atoms with Gasteiger partial charge in [0.25, 0.3) is 0 Å². The lowest BCUT2D eigenvalue weighted by molar-refractivity contribution is 0.0818. The van der Waals surface area contributed by atoms with Crippen LogP contribution in [0.4, 0.5) is 5.69 Å². The molecular formula is C23H19NO4. The first-order valence-corrected chi connectivity index (χ1v) is 8.85. The summed E-state index contributed by atoms with van der Waals surface area (Å²) >= 11 is 0. The zero-order valence-corrected chi connectivity index (χ0v) is 15.6. The molecule has 1 aliphatic rings. The molecule has 0 amide bonds. The van der Waals surface area contributed by atoms with Crippen LogP contribution < -0.4 is 14.8 Å². The Morgan fingerprint density at radius 2 is 1.32 bits per heavy atom. The van der Waals surface area contributed by atoms with E-state index in [-0.39, 0.29) is 11.6 Å². The Bertz CT molecular complexity index is 1020. The Morgan fingerprint density at radius 3 is 1.89 bits per heavy atom. The predicted octanol–water partition coefficient (Wildman–Crippen LogP) is 4.09. The van der Waals surface area contributed by atoms with Crippen LogP contribution in [-0.2, 0) is 5.54 Å². The van der Waals surface area contributed by atoms with Gasteiger partial charge in [0.1, 0.15) is 11.5 Å². The van der Waals surface area contributed by atoms with Gasteiger partial charge in [-0.15, -0.1) is 0 Å². The van der Waals surface area contributed by atoms with Crippen molar-refractivity contribution in [2.45, 2.75) is 5.54 Å². The fraction of sp³-hybridized carbons (Fsp3) is 0.130. The molecular weight excluding hydrogens is 354 g/mol. The highest BCUT2D eigenvalue weighted by atomic mass is 16.5. The summed E-state index contributed by atoms with van der Waals surface area (Å²) in [6, 6.07) is 21.1. The van der Waals surface area contributed by atoms with Crippen molar-refractivity contribution in [2.24, 2.45) is 0 Å². The number of ketones is 2. The molecule has 1 N–H and O–H groups in total. The average molecular weight is 373 g/mol. The van der Waals surface area contributed by atoms with Gasteiger partial charge in [-0.25, -0.2) is 0 Å². The van der Waals surface area contributed by atoms with Crippen LogP contribution in [0.3, 0.4) is 0 Å². The Labute approximate surface area is 162 Å². The summed E-state index contributed by atoms with van der Waals surface area (Å²) in [7, 11) is 3.14. The number of hydrogen-bond donors (Lipinski definition) is 1. The van der Waals surface area contributed by atoms with E-state index < -0.39 is 5.54 Å². The van der Waals surface area contributed by atoms with Crippen LogP contribution in [0.5, 0.6) is 11.5 Å². The van der Waals surface area contributed by atoms with E-state index in [1.165, 1.54) is 0 Å². The van der Waals surface area contributed by atoms with Crippen molar-refractivity contribution in [3.8, 4) is 11.5 Å². The normalized spacial score (nSPS) is 14.5. The highest BCUT2D eigenvalue weighted by Crippen LogP contribution is 2.41. The number of nitrogens with one attached hydrogen (secondary N) is 1. The van der Waals surface area contributed by atoms with Crippen LogP contribution in [-0.4, -0.2) is 25.8 Å². The first kappa shape index (κ1) is 17.8. The summed E-state index contributed by atoms with van der Waals surface area (Å²) in [4.78, 5) is 27.0. The number of rotatable bonds is 5. The van der Waals surface area contributed by atoms with Crippen molar-refractivity contribution in [2.75, 3.05) is 19.5 Å². The van der Waals surface area contributed by atoms with E-state index in [4.69, 9.17) is 9.47 Å². The third-order valence-electron chi connectivity index (χ3n) is 5.02. The highest BCUT2D eigenvalue weighted by Gasteiger charge is 2.54. The molecule has 0 unspecified atom stereocenters. The maximum Gasteiger partial charge on any atom is 0.201 e. The number of Topliss-reactive ketones (excluding diaryl/α,β-unsaturated/α-hetero) is 2. The van der Waals surface area contributed by atoms with E-state index in [2.05, 4.69) is 5.32 Å². The minimum Gasteiger partial charge on any atom is -0.497 e. The molecule has 0 atom stereocenters. The van der Waals surface area contributed by atoms with Crippen molar-refractivity contribution >= 4 is 17.3 Å². The number of methoxy groups -OCH3 is 2. The second-order valence-electron chi connectivity index (χ2n) is 6.54. The minimum atomic E-state index is -1.54. The van der Waals surface area contributed by atoms with Crippen molar-refractivity contribution in [3.05, 3.63) is 89.5 Å². The molecule has 0 heterocycles. The molecule has 0 radical (unpaired) electrons. The van der Waals surface area contributed by atoms with E-state index in [1.807, 2.05) is 0 Å². The monoisotopic (exact) mass is 373 g/mol. The first-order chi connectivity index (χ1) is 13.6. The minimum absolute atomic E-state index is 0.277. The number of anilines is 1. The summed E-state index contributed by atoms with van der Waals surface area (Å²) in [5.74, 6) is 0.725. The fourth-order valence-electron chi connectivity index (χ4n) is 3.59. The van der Waals surface area contributed by atoms with Gasteiger partial charge < -0.3 is 14.8 Å². The Balaban J connectivity index is 1.89.